The van der Waals surface area contributed by atoms with Crippen molar-refractivity contribution in [2.24, 2.45) is 0 Å². The summed E-state index contributed by atoms with van der Waals surface area (Å²) in [6.45, 7) is 0. The number of fused-ring (bicyclic) bond motifs is 2. The Morgan fingerprint density at radius 2 is 0.875 bits per heavy atom. The second-order valence-electron chi connectivity index (χ2n) is 7.84. The molecule has 0 bridgehead atoms. The minimum atomic E-state index is -4.45. The van der Waals surface area contributed by atoms with Crippen LogP contribution in [0.1, 0.15) is 22.3 Å². The SMILES string of the molecule is OC(c1ccc(C(F)(F)F)cc1)(c1cccc2ccccc12)c1cccc2ccccc12. The zero-order valence-electron chi connectivity index (χ0n) is 17.0. The van der Waals surface area contributed by atoms with Crippen LogP contribution in [0, 0.1) is 0 Å². The number of hydrogen-bond acceptors (Lipinski definition) is 1. The van der Waals surface area contributed by atoms with Crippen molar-refractivity contribution in [3.05, 3.63) is 131 Å². The largest absolute Gasteiger partial charge is 0.416 e. The number of aliphatic hydroxyl groups is 1. The van der Waals surface area contributed by atoms with E-state index in [1.165, 1.54) is 12.1 Å². The van der Waals surface area contributed by atoms with E-state index in [0.717, 1.165) is 33.7 Å². The molecule has 0 aromatic heterocycles. The van der Waals surface area contributed by atoms with Crippen LogP contribution in [0.2, 0.25) is 0 Å². The summed E-state index contributed by atoms with van der Waals surface area (Å²) in [4.78, 5) is 0. The van der Waals surface area contributed by atoms with Crippen LogP contribution in [0.25, 0.3) is 21.5 Å². The van der Waals surface area contributed by atoms with Gasteiger partial charge in [-0.3, -0.25) is 0 Å². The van der Waals surface area contributed by atoms with Crippen molar-refractivity contribution in [1.82, 2.24) is 0 Å². The predicted molar refractivity (Wildman–Crippen MR) is 121 cm³/mol. The molecule has 32 heavy (non-hydrogen) atoms. The van der Waals surface area contributed by atoms with Crippen LogP contribution in [0.15, 0.2) is 109 Å². The maximum Gasteiger partial charge on any atom is 0.416 e. The van der Waals surface area contributed by atoms with E-state index in [2.05, 4.69) is 0 Å². The first-order valence-electron chi connectivity index (χ1n) is 10.3. The molecule has 0 amide bonds. The van der Waals surface area contributed by atoms with E-state index in [1.807, 2.05) is 84.9 Å². The second kappa shape index (κ2) is 7.50. The predicted octanol–water partition coefficient (Wildman–Crippen LogP) is 7.30. The summed E-state index contributed by atoms with van der Waals surface area (Å²) in [7, 11) is 0. The lowest BCUT2D eigenvalue weighted by Gasteiger charge is -2.32. The molecule has 0 saturated carbocycles. The topological polar surface area (TPSA) is 20.2 Å². The summed E-state index contributed by atoms with van der Waals surface area (Å²) >= 11 is 0. The Balaban J connectivity index is 1.85. The maximum absolute atomic E-state index is 13.2. The van der Waals surface area contributed by atoms with Crippen molar-refractivity contribution in [2.75, 3.05) is 0 Å². The van der Waals surface area contributed by atoms with Crippen molar-refractivity contribution in [1.29, 1.82) is 0 Å². The van der Waals surface area contributed by atoms with Gasteiger partial charge in [-0.15, -0.1) is 0 Å². The molecule has 0 fully saturated rings. The van der Waals surface area contributed by atoms with E-state index in [-0.39, 0.29) is 0 Å². The van der Waals surface area contributed by atoms with Gasteiger partial charge in [-0.05, 0) is 39.2 Å². The molecule has 5 aromatic rings. The zero-order chi connectivity index (χ0) is 22.3. The van der Waals surface area contributed by atoms with E-state index in [0.29, 0.717) is 16.7 Å². The van der Waals surface area contributed by atoms with Gasteiger partial charge >= 0.3 is 6.18 Å². The Labute approximate surface area is 183 Å². The Hall–Kier alpha value is -3.63. The summed E-state index contributed by atoms with van der Waals surface area (Å²) in [5.41, 5.74) is -0.803. The molecule has 0 radical (unpaired) electrons. The van der Waals surface area contributed by atoms with E-state index >= 15 is 0 Å². The maximum atomic E-state index is 13.2. The van der Waals surface area contributed by atoms with Gasteiger partial charge in [0, 0.05) is 11.1 Å². The number of halogens is 3. The number of hydrogen-bond donors (Lipinski definition) is 1. The van der Waals surface area contributed by atoms with Crippen LogP contribution in [0.5, 0.6) is 0 Å². The molecule has 0 unspecified atom stereocenters. The van der Waals surface area contributed by atoms with Gasteiger partial charge in [0.25, 0.3) is 0 Å². The highest BCUT2D eigenvalue weighted by Crippen LogP contribution is 2.43. The molecular formula is C28H19F3O. The smallest absolute Gasteiger partial charge is 0.376 e. The fraction of sp³-hybridized carbons (Fsp3) is 0.0714. The zero-order valence-corrected chi connectivity index (χ0v) is 17.0. The number of benzene rings is 5. The first-order valence-corrected chi connectivity index (χ1v) is 10.3. The first kappa shape index (κ1) is 20.3. The number of alkyl halides is 3. The van der Waals surface area contributed by atoms with E-state index < -0.39 is 17.3 Å². The van der Waals surface area contributed by atoms with Gasteiger partial charge in [0.05, 0.1) is 5.56 Å². The molecule has 158 valence electrons. The molecule has 1 N–H and O–H groups in total. The third kappa shape index (κ3) is 3.24. The van der Waals surface area contributed by atoms with Crippen molar-refractivity contribution in [3.63, 3.8) is 0 Å². The summed E-state index contributed by atoms with van der Waals surface area (Å²) < 4.78 is 39.6. The minimum Gasteiger partial charge on any atom is -0.376 e. The fourth-order valence-electron chi connectivity index (χ4n) is 4.44. The Kier molecular flexibility index (Phi) is 4.75. The van der Waals surface area contributed by atoms with Gasteiger partial charge in [-0.25, -0.2) is 0 Å². The van der Waals surface area contributed by atoms with Gasteiger partial charge in [0.15, 0.2) is 0 Å². The van der Waals surface area contributed by atoms with Crippen molar-refractivity contribution in [2.45, 2.75) is 11.8 Å². The van der Waals surface area contributed by atoms with Crippen LogP contribution >= 0.6 is 0 Å². The second-order valence-corrected chi connectivity index (χ2v) is 7.84. The third-order valence-electron chi connectivity index (χ3n) is 5.99. The quantitative estimate of drug-likeness (QED) is 0.299. The van der Waals surface area contributed by atoms with Crippen molar-refractivity contribution < 1.29 is 18.3 Å². The Morgan fingerprint density at radius 1 is 0.469 bits per heavy atom. The molecule has 0 aliphatic carbocycles. The lowest BCUT2D eigenvalue weighted by atomic mass is 9.76. The van der Waals surface area contributed by atoms with Crippen LogP contribution in [0.4, 0.5) is 13.2 Å². The molecule has 0 heterocycles. The van der Waals surface area contributed by atoms with Crippen LogP contribution < -0.4 is 0 Å². The molecule has 1 nitrogen and oxygen atoms in total. The van der Waals surface area contributed by atoms with Crippen LogP contribution in [0.3, 0.4) is 0 Å². The fourth-order valence-corrected chi connectivity index (χ4v) is 4.44. The van der Waals surface area contributed by atoms with E-state index in [4.69, 9.17) is 0 Å². The molecular weight excluding hydrogens is 409 g/mol. The molecule has 0 aliphatic rings. The minimum absolute atomic E-state index is 0.373. The summed E-state index contributed by atoms with van der Waals surface area (Å²) in [5.74, 6) is 0. The van der Waals surface area contributed by atoms with Gasteiger partial charge in [0.1, 0.15) is 5.60 Å². The monoisotopic (exact) mass is 428 g/mol. The molecule has 0 saturated heterocycles. The van der Waals surface area contributed by atoms with E-state index in [1.54, 1.807) is 0 Å². The molecule has 0 atom stereocenters. The molecule has 0 aliphatic heterocycles. The highest BCUT2D eigenvalue weighted by atomic mass is 19.4. The average molecular weight is 428 g/mol. The highest BCUT2D eigenvalue weighted by Gasteiger charge is 2.38. The number of rotatable bonds is 3. The highest BCUT2D eigenvalue weighted by molar-refractivity contribution is 5.91. The summed E-state index contributed by atoms with van der Waals surface area (Å²) in [6.07, 6.45) is -4.45. The first-order chi connectivity index (χ1) is 15.4. The Morgan fingerprint density at radius 3 is 1.34 bits per heavy atom. The van der Waals surface area contributed by atoms with Gasteiger partial charge < -0.3 is 5.11 Å². The van der Waals surface area contributed by atoms with Crippen LogP contribution in [-0.4, -0.2) is 5.11 Å². The summed E-state index contributed by atoms with van der Waals surface area (Å²) in [6, 6.07) is 31.4. The molecule has 0 spiro atoms. The molecule has 4 heteroatoms. The van der Waals surface area contributed by atoms with Gasteiger partial charge in [0.2, 0.25) is 0 Å². The Bertz CT molecular complexity index is 1330. The summed E-state index contributed by atoms with van der Waals surface area (Å²) in [5, 5.41) is 16.0. The van der Waals surface area contributed by atoms with E-state index in [9.17, 15) is 18.3 Å². The van der Waals surface area contributed by atoms with Crippen LogP contribution in [-0.2, 0) is 11.8 Å². The lowest BCUT2D eigenvalue weighted by molar-refractivity contribution is -0.137. The van der Waals surface area contributed by atoms with Crippen molar-refractivity contribution in [3.8, 4) is 0 Å². The molecule has 5 aromatic carbocycles. The lowest BCUT2D eigenvalue weighted by Crippen LogP contribution is -2.29. The average Bonchev–Trinajstić information content (AvgIpc) is 2.82. The van der Waals surface area contributed by atoms with Crippen molar-refractivity contribution >= 4 is 21.5 Å². The standard InChI is InChI=1S/C28H19F3O/c29-28(30,31)22-17-15-21(16-18-22)27(32,25-13-5-9-19-7-1-3-11-23(19)25)26-14-6-10-20-8-2-4-12-24(20)26/h1-18,32H. The normalized spacial score (nSPS) is 12.4. The van der Waals surface area contributed by atoms with Gasteiger partial charge in [-0.1, -0.05) is 97.1 Å². The molecule has 5 rings (SSSR count). The van der Waals surface area contributed by atoms with Gasteiger partial charge in [-0.2, -0.15) is 13.2 Å². The third-order valence-corrected chi connectivity index (χ3v) is 5.99.